The summed E-state index contributed by atoms with van der Waals surface area (Å²) in [6.07, 6.45) is 4.95. The molecule has 7 heteroatoms. The van der Waals surface area contributed by atoms with Gasteiger partial charge in [-0.3, -0.25) is 9.59 Å². The molecule has 2 aromatic rings. The molecule has 31 heavy (non-hydrogen) atoms. The number of hydrogen-bond acceptors (Lipinski definition) is 4. The van der Waals surface area contributed by atoms with E-state index in [-0.39, 0.29) is 23.5 Å². The quantitative estimate of drug-likeness (QED) is 0.505. The number of likely N-dealkylation sites (tertiary alicyclic amines) is 1. The van der Waals surface area contributed by atoms with Gasteiger partial charge in [-0.1, -0.05) is 48.5 Å². The summed E-state index contributed by atoms with van der Waals surface area (Å²) in [5.41, 5.74) is 0.972. The van der Waals surface area contributed by atoms with Crippen LogP contribution in [0.5, 0.6) is 0 Å². The summed E-state index contributed by atoms with van der Waals surface area (Å²) >= 11 is 0. The number of amides is 2. The molecule has 1 N–H and O–H groups in total. The zero-order valence-corrected chi connectivity index (χ0v) is 18.3. The van der Waals surface area contributed by atoms with Crippen LogP contribution in [0.1, 0.15) is 24.8 Å². The SMILES string of the molecule is O=C(NCCCS(=O)(=O)c1ccccc1)C1CCN(C(=O)/C=C/c2ccccc2)CC1. The van der Waals surface area contributed by atoms with Gasteiger partial charge < -0.3 is 10.2 Å². The number of hydrogen-bond donors (Lipinski definition) is 1. The predicted octanol–water partition coefficient (Wildman–Crippen LogP) is 2.92. The topological polar surface area (TPSA) is 83.6 Å². The first-order valence-corrected chi connectivity index (χ1v) is 12.2. The third-order valence-corrected chi connectivity index (χ3v) is 7.20. The highest BCUT2D eigenvalue weighted by Gasteiger charge is 2.26. The number of sulfone groups is 1. The van der Waals surface area contributed by atoms with Crippen LogP contribution in [0.2, 0.25) is 0 Å². The van der Waals surface area contributed by atoms with Crippen molar-refractivity contribution in [3.63, 3.8) is 0 Å². The molecule has 0 spiro atoms. The lowest BCUT2D eigenvalue weighted by atomic mass is 9.96. The minimum absolute atomic E-state index is 0.00200. The van der Waals surface area contributed by atoms with Crippen molar-refractivity contribution < 1.29 is 18.0 Å². The molecule has 6 nitrogen and oxygen atoms in total. The second kappa shape index (κ2) is 10.9. The van der Waals surface area contributed by atoms with Crippen LogP contribution in [0.3, 0.4) is 0 Å². The van der Waals surface area contributed by atoms with Gasteiger partial charge in [-0.2, -0.15) is 0 Å². The molecule has 0 aliphatic carbocycles. The van der Waals surface area contributed by atoms with E-state index in [0.29, 0.717) is 43.8 Å². The van der Waals surface area contributed by atoms with Crippen molar-refractivity contribution in [3.05, 3.63) is 72.3 Å². The highest BCUT2D eigenvalue weighted by molar-refractivity contribution is 7.91. The Bertz CT molecular complexity index is 996. The van der Waals surface area contributed by atoms with Crippen molar-refractivity contribution in [1.29, 1.82) is 0 Å². The third kappa shape index (κ3) is 6.79. The monoisotopic (exact) mass is 440 g/mol. The maximum atomic E-state index is 12.4. The minimum Gasteiger partial charge on any atom is -0.356 e. The fraction of sp³-hybridized carbons (Fsp3) is 0.333. The second-order valence-corrected chi connectivity index (χ2v) is 9.73. The van der Waals surface area contributed by atoms with Crippen molar-refractivity contribution in [2.24, 2.45) is 5.92 Å². The van der Waals surface area contributed by atoms with Crippen LogP contribution >= 0.6 is 0 Å². The van der Waals surface area contributed by atoms with Crippen LogP contribution in [0.15, 0.2) is 71.6 Å². The third-order valence-electron chi connectivity index (χ3n) is 5.39. The molecule has 0 saturated carbocycles. The van der Waals surface area contributed by atoms with Crippen molar-refractivity contribution in [2.75, 3.05) is 25.4 Å². The van der Waals surface area contributed by atoms with Gasteiger partial charge >= 0.3 is 0 Å². The number of benzene rings is 2. The normalized spacial score (nSPS) is 15.2. The van der Waals surface area contributed by atoms with E-state index in [1.165, 1.54) is 0 Å². The van der Waals surface area contributed by atoms with Crippen molar-refractivity contribution >= 4 is 27.7 Å². The molecule has 0 unspecified atom stereocenters. The average molecular weight is 441 g/mol. The van der Waals surface area contributed by atoms with Crippen LogP contribution in [0.4, 0.5) is 0 Å². The molecule has 0 bridgehead atoms. The van der Waals surface area contributed by atoms with Crippen molar-refractivity contribution in [2.45, 2.75) is 24.2 Å². The molecule has 2 aromatic carbocycles. The van der Waals surface area contributed by atoms with Gasteiger partial charge in [-0.05, 0) is 43.0 Å². The lowest BCUT2D eigenvalue weighted by Crippen LogP contribution is -2.42. The Morgan fingerprint density at radius 1 is 0.968 bits per heavy atom. The number of nitrogens with zero attached hydrogens (tertiary/aromatic N) is 1. The Labute approximate surface area is 183 Å². The molecule has 1 aliphatic heterocycles. The Morgan fingerprint density at radius 2 is 1.58 bits per heavy atom. The van der Waals surface area contributed by atoms with Crippen molar-refractivity contribution in [3.8, 4) is 0 Å². The van der Waals surface area contributed by atoms with Gasteiger partial charge in [0.2, 0.25) is 11.8 Å². The first kappa shape index (κ1) is 22.7. The summed E-state index contributed by atoms with van der Waals surface area (Å²) in [5.74, 6) is -0.261. The molecule has 0 aromatic heterocycles. The number of carbonyl (C=O) groups excluding carboxylic acids is 2. The smallest absolute Gasteiger partial charge is 0.246 e. The standard InChI is InChI=1S/C24H28N2O4S/c27-23(13-12-20-8-3-1-4-9-20)26-17-14-21(15-18-26)24(28)25-16-7-19-31(29,30)22-10-5-2-6-11-22/h1-6,8-13,21H,7,14-19H2,(H,25,28)/b13-12+. The van der Waals surface area contributed by atoms with E-state index < -0.39 is 9.84 Å². The molecule has 1 saturated heterocycles. The highest BCUT2D eigenvalue weighted by atomic mass is 32.2. The zero-order chi connectivity index (χ0) is 22.1. The summed E-state index contributed by atoms with van der Waals surface area (Å²) in [7, 11) is -3.33. The maximum Gasteiger partial charge on any atom is 0.246 e. The Morgan fingerprint density at radius 3 is 2.23 bits per heavy atom. The molecule has 164 valence electrons. The van der Waals surface area contributed by atoms with Crippen LogP contribution in [0.25, 0.3) is 6.08 Å². The molecule has 1 aliphatic rings. The highest BCUT2D eigenvalue weighted by Crippen LogP contribution is 2.18. The van der Waals surface area contributed by atoms with Gasteiger partial charge in [0.05, 0.1) is 10.6 Å². The van der Waals surface area contributed by atoms with Crippen molar-refractivity contribution in [1.82, 2.24) is 10.2 Å². The van der Waals surface area contributed by atoms with E-state index in [1.54, 1.807) is 47.4 Å². The number of carbonyl (C=O) groups is 2. The first-order chi connectivity index (χ1) is 15.0. The summed E-state index contributed by atoms with van der Waals surface area (Å²) in [5, 5.41) is 2.85. The minimum atomic E-state index is -3.33. The van der Waals surface area contributed by atoms with E-state index >= 15 is 0 Å². The van der Waals surface area contributed by atoms with E-state index in [0.717, 1.165) is 5.56 Å². The van der Waals surface area contributed by atoms with E-state index in [1.807, 2.05) is 30.3 Å². The van der Waals surface area contributed by atoms with Crippen LogP contribution in [-0.2, 0) is 19.4 Å². The number of piperidine rings is 1. The second-order valence-electron chi connectivity index (χ2n) is 7.62. The average Bonchev–Trinajstić information content (AvgIpc) is 2.81. The predicted molar refractivity (Wildman–Crippen MR) is 121 cm³/mol. The van der Waals surface area contributed by atoms with E-state index in [2.05, 4.69) is 5.32 Å². The maximum absolute atomic E-state index is 12.4. The summed E-state index contributed by atoms with van der Waals surface area (Å²) in [4.78, 5) is 26.8. The van der Waals surface area contributed by atoms with Gasteiger partial charge in [0.15, 0.2) is 9.84 Å². The fourth-order valence-corrected chi connectivity index (χ4v) is 4.89. The first-order valence-electron chi connectivity index (χ1n) is 10.5. The Balaban J connectivity index is 1.37. The fourth-order valence-electron chi connectivity index (χ4n) is 3.56. The largest absolute Gasteiger partial charge is 0.356 e. The number of rotatable bonds is 8. The van der Waals surface area contributed by atoms with Gasteiger partial charge in [0.25, 0.3) is 0 Å². The lowest BCUT2D eigenvalue weighted by Gasteiger charge is -2.30. The Hall–Kier alpha value is -2.93. The van der Waals surface area contributed by atoms with E-state index in [9.17, 15) is 18.0 Å². The lowest BCUT2D eigenvalue weighted by molar-refractivity contribution is -0.132. The Kier molecular flexibility index (Phi) is 8.00. The summed E-state index contributed by atoms with van der Waals surface area (Å²) in [6, 6.07) is 18.0. The number of nitrogens with one attached hydrogen (secondary N) is 1. The van der Waals surface area contributed by atoms with Crippen LogP contribution in [-0.4, -0.2) is 50.5 Å². The molecular formula is C24H28N2O4S. The molecule has 3 rings (SSSR count). The molecule has 2 amide bonds. The molecule has 0 atom stereocenters. The van der Waals surface area contributed by atoms with Crippen LogP contribution < -0.4 is 5.32 Å². The van der Waals surface area contributed by atoms with Gasteiger partial charge in [0, 0.05) is 31.6 Å². The molecule has 1 heterocycles. The molecule has 0 radical (unpaired) electrons. The summed E-state index contributed by atoms with van der Waals surface area (Å²) in [6.45, 7) is 1.40. The molecule has 1 fully saturated rings. The van der Waals surface area contributed by atoms with Gasteiger partial charge in [-0.15, -0.1) is 0 Å². The molecular weight excluding hydrogens is 412 g/mol. The van der Waals surface area contributed by atoms with Gasteiger partial charge in [0.1, 0.15) is 0 Å². The summed E-state index contributed by atoms with van der Waals surface area (Å²) < 4.78 is 24.5. The zero-order valence-electron chi connectivity index (χ0n) is 17.4. The van der Waals surface area contributed by atoms with Crippen LogP contribution in [0, 0.1) is 5.92 Å². The van der Waals surface area contributed by atoms with Gasteiger partial charge in [-0.25, -0.2) is 8.42 Å². The van der Waals surface area contributed by atoms with E-state index in [4.69, 9.17) is 0 Å².